The molecule has 164 valence electrons. The van der Waals surface area contributed by atoms with E-state index in [1.54, 1.807) is 6.92 Å². The van der Waals surface area contributed by atoms with Gasteiger partial charge in [0.1, 0.15) is 6.04 Å². The van der Waals surface area contributed by atoms with Crippen molar-refractivity contribution in [3.05, 3.63) is 64.7 Å². The van der Waals surface area contributed by atoms with Crippen LogP contribution < -0.4 is 9.62 Å². The summed E-state index contributed by atoms with van der Waals surface area (Å²) in [5.41, 5.74) is 1.62. The molecule has 2 atom stereocenters. The van der Waals surface area contributed by atoms with E-state index in [-0.39, 0.29) is 5.69 Å². The molecule has 1 N–H and O–H groups in total. The number of nitrogens with zero attached hydrogens (tertiary/aromatic N) is 1. The van der Waals surface area contributed by atoms with Crippen LogP contribution in [0.5, 0.6) is 0 Å². The van der Waals surface area contributed by atoms with Crippen molar-refractivity contribution in [3.63, 3.8) is 0 Å². The van der Waals surface area contributed by atoms with Gasteiger partial charge in [-0.3, -0.25) is 9.10 Å². The van der Waals surface area contributed by atoms with Crippen molar-refractivity contribution in [2.24, 2.45) is 0 Å². The minimum atomic E-state index is -4.64. The van der Waals surface area contributed by atoms with Crippen molar-refractivity contribution in [2.45, 2.75) is 46.0 Å². The summed E-state index contributed by atoms with van der Waals surface area (Å²) >= 11 is 0. The molecule has 2 rings (SSSR count). The van der Waals surface area contributed by atoms with Gasteiger partial charge in [-0.25, -0.2) is 8.42 Å². The number of carbonyl (C=O) groups is 1. The van der Waals surface area contributed by atoms with E-state index in [1.165, 1.54) is 13.0 Å². The molecule has 0 spiro atoms. The van der Waals surface area contributed by atoms with Crippen molar-refractivity contribution >= 4 is 21.6 Å². The highest BCUT2D eigenvalue weighted by atomic mass is 32.2. The summed E-state index contributed by atoms with van der Waals surface area (Å²) in [6.45, 7) is 6.92. The Morgan fingerprint density at radius 1 is 1.07 bits per heavy atom. The Bertz CT molecular complexity index is 1040. The van der Waals surface area contributed by atoms with Crippen LogP contribution in [0.4, 0.5) is 18.9 Å². The van der Waals surface area contributed by atoms with Gasteiger partial charge < -0.3 is 5.32 Å². The molecule has 0 fully saturated rings. The molecule has 0 saturated heterocycles. The molecular weight excluding hydrogens is 417 g/mol. The highest BCUT2D eigenvalue weighted by Crippen LogP contribution is 2.33. The maximum Gasteiger partial charge on any atom is 0.416 e. The lowest BCUT2D eigenvalue weighted by Gasteiger charge is -2.30. The Kier molecular flexibility index (Phi) is 6.86. The number of hydrogen-bond donors (Lipinski definition) is 1. The van der Waals surface area contributed by atoms with Crippen LogP contribution in [0.25, 0.3) is 0 Å². The third-order valence-electron chi connectivity index (χ3n) is 4.78. The lowest BCUT2D eigenvalue weighted by Crippen LogP contribution is -2.48. The Morgan fingerprint density at radius 2 is 1.70 bits per heavy atom. The van der Waals surface area contributed by atoms with Crippen LogP contribution in [-0.2, 0) is 21.0 Å². The number of rotatable bonds is 6. The molecule has 9 heteroatoms. The first-order valence-corrected chi connectivity index (χ1v) is 11.1. The Hall–Kier alpha value is -2.55. The lowest BCUT2D eigenvalue weighted by atomic mass is 10.00. The van der Waals surface area contributed by atoms with E-state index in [4.69, 9.17) is 0 Å². The number of anilines is 1. The number of alkyl halides is 3. The van der Waals surface area contributed by atoms with Crippen molar-refractivity contribution in [1.82, 2.24) is 5.32 Å². The van der Waals surface area contributed by atoms with Gasteiger partial charge in [0.2, 0.25) is 15.9 Å². The van der Waals surface area contributed by atoms with E-state index in [0.717, 1.165) is 41.1 Å². The maximum atomic E-state index is 13.1. The molecule has 0 aliphatic carbocycles. The minimum absolute atomic E-state index is 0.227. The summed E-state index contributed by atoms with van der Waals surface area (Å²) in [6, 6.07) is 8.02. The zero-order valence-electron chi connectivity index (χ0n) is 17.4. The third kappa shape index (κ3) is 5.53. The monoisotopic (exact) mass is 442 g/mol. The quantitative estimate of drug-likeness (QED) is 0.723. The Labute approximate surface area is 175 Å². The van der Waals surface area contributed by atoms with E-state index >= 15 is 0 Å². The first-order valence-electron chi connectivity index (χ1n) is 9.26. The third-order valence-corrected chi connectivity index (χ3v) is 6.02. The first kappa shape index (κ1) is 23.7. The normalized spacial score (nSPS) is 14.1. The van der Waals surface area contributed by atoms with Gasteiger partial charge in [-0.05, 0) is 57.0 Å². The zero-order chi connectivity index (χ0) is 22.9. The van der Waals surface area contributed by atoms with Gasteiger partial charge in [-0.2, -0.15) is 13.2 Å². The highest BCUT2D eigenvalue weighted by Gasteiger charge is 2.34. The second-order valence-corrected chi connectivity index (χ2v) is 9.23. The standard InChI is InChI=1S/C21H25F3N2O3S/c1-13-9-10-14(2)19(11-13)15(3)25-20(27)16(4)26(30(5,28)29)18-8-6-7-17(12-18)21(22,23)24/h6-12,15-16H,1-5H3,(H,25,27)/t15-,16-/m1/s1. The second kappa shape index (κ2) is 8.67. The molecule has 0 saturated carbocycles. The largest absolute Gasteiger partial charge is 0.416 e. The van der Waals surface area contributed by atoms with E-state index in [0.29, 0.717) is 4.31 Å². The molecule has 0 radical (unpaired) electrons. The average Bonchev–Trinajstić information content (AvgIpc) is 2.62. The lowest BCUT2D eigenvalue weighted by molar-refractivity contribution is -0.137. The van der Waals surface area contributed by atoms with E-state index < -0.39 is 39.8 Å². The van der Waals surface area contributed by atoms with Crippen LogP contribution in [0.15, 0.2) is 42.5 Å². The minimum Gasteiger partial charge on any atom is -0.348 e. The summed E-state index contributed by atoms with van der Waals surface area (Å²) in [4.78, 5) is 12.8. The number of sulfonamides is 1. The molecule has 0 heterocycles. The van der Waals surface area contributed by atoms with Crippen molar-refractivity contribution in [3.8, 4) is 0 Å². The number of hydrogen-bond acceptors (Lipinski definition) is 3. The predicted molar refractivity (Wildman–Crippen MR) is 111 cm³/mol. The Morgan fingerprint density at radius 3 is 2.27 bits per heavy atom. The van der Waals surface area contributed by atoms with Gasteiger partial charge in [-0.15, -0.1) is 0 Å². The van der Waals surface area contributed by atoms with Crippen LogP contribution >= 0.6 is 0 Å². The van der Waals surface area contributed by atoms with Gasteiger partial charge >= 0.3 is 6.18 Å². The molecule has 0 unspecified atom stereocenters. The van der Waals surface area contributed by atoms with E-state index in [9.17, 15) is 26.4 Å². The van der Waals surface area contributed by atoms with Crippen LogP contribution in [-0.4, -0.2) is 26.6 Å². The van der Waals surface area contributed by atoms with Crippen LogP contribution in [0.2, 0.25) is 0 Å². The van der Waals surface area contributed by atoms with Gasteiger partial charge in [0.25, 0.3) is 0 Å². The summed E-state index contributed by atoms with van der Waals surface area (Å²) < 4.78 is 64.6. The number of benzene rings is 2. The summed E-state index contributed by atoms with van der Waals surface area (Å²) in [5.74, 6) is -0.619. The zero-order valence-corrected chi connectivity index (χ0v) is 18.2. The molecule has 0 bridgehead atoms. The second-order valence-electron chi connectivity index (χ2n) is 7.37. The number of amides is 1. The van der Waals surface area contributed by atoms with Crippen LogP contribution in [0, 0.1) is 13.8 Å². The van der Waals surface area contributed by atoms with Gasteiger partial charge in [0.15, 0.2) is 0 Å². The molecule has 1 amide bonds. The molecule has 0 aromatic heterocycles. The average molecular weight is 443 g/mol. The molecule has 2 aromatic carbocycles. The number of halogens is 3. The fourth-order valence-electron chi connectivity index (χ4n) is 3.27. The van der Waals surface area contributed by atoms with Crippen molar-refractivity contribution < 1.29 is 26.4 Å². The van der Waals surface area contributed by atoms with Crippen LogP contribution in [0.1, 0.15) is 42.1 Å². The van der Waals surface area contributed by atoms with Gasteiger partial charge in [-0.1, -0.05) is 29.8 Å². The van der Waals surface area contributed by atoms with E-state index in [1.807, 2.05) is 32.0 Å². The number of aryl methyl sites for hydroxylation is 2. The first-order chi connectivity index (χ1) is 13.7. The molecule has 0 aliphatic heterocycles. The highest BCUT2D eigenvalue weighted by molar-refractivity contribution is 7.92. The fraction of sp³-hybridized carbons (Fsp3) is 0.381. The topological polar surface area (TPSA) is 66.5 Å². The molecule has 2 aromatic rings. The number of carbonyl (C=O) groups excluding carboxylic acids is 1. The SMILES string of the molecule is Cc1ccc(C)c([C@@H](C)NC(=O)[C@@H](C)N(c2cccc(C(F)(F)F)c2)S(C)(=O)=O)c1. The molecule has 30 heavy (non-hydrogen) atoms. The Balaban J connectivity index is 2.35. The maximum absolute atomic E-state index is 13.1. The predicted octanol–water partition coefficient (Wildman–Crippen LogP) is 4.35. The fourth-order valence-corrected chi connectivity index (χ4v) is 4.43. The van der Waals surface area contributed by atoms with Gasteiger partial charge in [0, 0.05) is 0 Å². The van der Waals surface area contributed by atoms with E-state index in [2.05, 4.69) is 5.32 Å². The molecule has 5 nitrogen and oxygen atoms in total. The smallest absolute Gasteiger partial charge is 0.348 e. The van der Waals surface area contributed by atoms with Crippen LogP contribution in [0.3, 0.4) is 0 Å². The molecule has 0 aliphatic rings. The summed E-state index contributed by atoms with van der Waals surface area (Å²) in [6.07, 6.45) is -3.78. The van der Waals surface area contributed by atoms with Crippen molar-refractivity contribution in [1.29, 1.82) is 0 Å². The molecular formula is C21H25F3N2O3S. The summed E-state index contributed by atoms with van der Waals surface area (Å²) in [5, 5.41) is 2.76. The summed E-state index contributed by atoms with van der Waals surface area (Å²) in [7, 11) is -4.03. The number of nitrogens with one attached hydrogen (secondary N) is 1. The van der Waals surface area contributed by atoms with Gasteiger partial charge in [0.05, 0.1) is 23.5 Å². The van der Waals surface area contributed by atoms with Crippen molar-refractivity contribution in [2.75, 3.05) is 10.6 Å².